The molecule has 6 heteroatoms. The molecule has 0 aliphatic rings. The molecule has 25 heavy (non-hydrogen) atoms. The molecule has 0 spiro atoms. The van der Waals surface area contributed by atoms with Crippen LogP contribution in [0.25, 0.3) is 0 Å². The van der Waals surface area contributed by atoms with Gasteiger partial charge in [0.2, 0.25) is 0 Å². The minimum Gasteiger partial charge on any atom is -0.383 e. The topological polar surface area (TPSA) is 74.5 Å². The van der Waals surface area contributed by atoms with Crippen molar-refractivity contribution in [1.82, 2.24) is 20.4 Å². The lowest BCUT2D eigenvalue weighted by Crippen LogP contribution is -2.39. The molecule has 0 saturated heterocycles. The van der Waals surface area contributed by atoms with Gasteiger partial charge in [-0.05, 0) is 32.3 Å². The third-order valence-electron chi connectivity index (χ3n) is 3.99. The van der Waals surface area contributed by atoms with Crippen molar-refractivity contribution in [3.8, 4) is 0 Å². The number of aliphatic hydroxyl groups is 1. The number of hydrogen-bond acceptors (Lipinski definition) is 3. The summed E-state index contributed by atoms with van der Waals surface area (Å²) in [7, 11) is 1.83. The summed E-state index contributed by atoms with van der Waals surface area (Å²) < 4.78 is 1.68. The Labute approximate surface area is 150 Å². The van der Waals surface area contributed by atoms with Crippen LogP contribution in [0.2, 0.25) is 0 Å². The van der Waals surface area contributed by atoms with E-state index in [0.717, 1.165) is 37.5 Å². The summed E-state index contributed by atoms with van der Waals surface area (Å²) in [5.74, 6) is 0.722. The number of aliphatic imine (C=N–C) groups is 1. The van der Waals surface area contributed by atoms with E-state index >= 15 is 0 Å². The fourth-order valence-corrected chi connectivity index (χ4v) is 2.51. The highest BCUT2D eigenvalue weighted by Gasteiger charge is 2.24. The number of hydrogen-bond donors (Lipinski definition) is 3. The van der Waals surface area contributed by atoms with Crippen LogP contribution in [0.1, 0.15) is 31.4 Å². The summed E-state index contributed by atoms with van der Waals surface area (Å²) in [4.78, 5) is 4.52. The Kier molecular flexibility index (Phi) is 7.01. The molecular formula is C19H29N5O. The number of guanidine groups is 1. The zero-order valence-corrected chi connectivity index (χ0v) is 15.4. The van der Waals surface area contributed by atoms with E-state index in [1.807, 2.05) is 26.2 Å². The molecule has 2 rings (SSSR count). The largest absolute Gasteiger partial charge is 0.383 e. The van der Waals surface area contributed by atoms with Crippen LogP contribution < -0.4 is 10.6 Å². The second-order valence-electron chi connectivity index (χ2n) is 6.39. The molecule has 0 bridgehead atoms. The maximum Gasteiger partial charge on any atom is 0.191 e. The van der Waals surface area contributed by atoms with Crippen LogP contribution in [0.15, 0.2) is 47.7 Å². The number of nitrogens with one attached hydrogen (secondary N) is 2. The Balaban J connectivity index is 1.85. The molecule has 1 aromatic heterocycles. The molecule has 6 nitrogen and oxygen atoms in total. The van der Waals surface area contributed by atoms with Gasteiger partial charge >= 0.3 is 0 Å². The lowest BCUT2D eigenvalue weighted by molar-refractivity contribution is 0.0672. The van der Waals surface area contributed by atoms with Gasteiger partial charge in [0.05, 0.1) is 12.7 Å². The Hall–Kier alpha value is -2.34. The van der Waals surface area contributed by atoms with Gasteiger partial charge < -0.3 is 15.7 Å². The van der Waals surface area contributed by atoms with Crippen molar-refractivity contribution in [2.75, 3.05) is 19.6 Å². The summed E-state index contributed by atoms with van der Waals surface area (Å²) in [6.45, 7) is 5.66. The third-order valence-corrected chi connectivity index (χ3v) is 3.99. The number of rotatable bonds is 8. The first-order valence-corrected chi connectivity index (χ1v) is 8.79. The first kappa shape index (κ1) is 19.0. The van der Waals surface area contributed by atoms with E-state index in [1.165, 1.54) is 5.56 Å². The number of nitrogens with zero attached hydrogens (tertiary/aromatic N) is 3. The molecule has 0 amide bonds. The van der Waals surface area contributed by atoms with Crippen molar-refractivity contribution in [1.29, 1.82) is 0 Å². The molecule has 2 aromatic rings. The molecule has 0 saturated carbocycles. The maximum atomic E-state index is 10.6. The van der Waals surface area contributed by atoms with Crippen LogP contribution in [0, 0.1) is 0 Å². The normalized spacial score (nSPS) is 14.2. The highest BCUT2D eigenvalue weighted by atomic mass is 16.3. The maximum absolute atomic E-state index is 10.6. The van der Waals surface area contributed by atoms with Gasteiger partial charge in [0.25, 0.3) is 0 Å². The first-order valence-electron chi connectivity index (χ1n) is 8.79. The zero-order chi connectivity index (χ0) is 18.1. The predicted octanol–water partition coefficient (Wildman–Crippen LogP) is 1.82. The molecule has 0 aliphatic heterocycles. The molecule has 0 fully saturated rings. The SMILES string of the molecule is CCNC(=NCC(C)(O)c1cnn(C)c1)NCCCc1ccccc1. The summed E-state index contributed by atoms with van der Waals surface area (Å²) in [5.41, 5.74) is 1.06. The van der Waals surface area contributed by atoms with Gasteiger partial charge in [0.15, 0.2) is 5.96 Å². The highest BCUT2D eigenvalue weighted by molar-refractivity contribution is 5.79. The van der Waals surface area contributed by atoms with Crippen LogP contribution in [-0.2, 0) is 19.1 Å². The van der Waals surface area contributed by atoms with E-state index in [9.17, 15) is 5.11 Å². The molecule has 0 aliphatic carbocycles. The van der Waals surface area contributed by atoms with E-state index in [-0.39, 0.29) is 6.54 Å². The summed E-state index contributed by atoms with van der Waals surface area (Å²) >= 11 is 0. The molecule has 136 valence electrons. The van der Waals surface area contributed by atoms with Gasteiger partial charge in [-0.3, -0.25) is 4.68 Å². The third kappa shape index (κ3) is 6.23. The van der Waals surface area contributed by atoms with Crippen molar-refractivity contribution in [2.24, 2.45) is 12.0 Å². The lowest BCUT2D eigenvalue weighted by Gasteiger charge is -2.20. The molecular weight excluding hydrogens is 314 g/mol. The van der Waals surface area contributed by atoms with E-state index in [2.05, 4.69) is 45.0 Å². The zero-order valence-electron chi connectivity index (χ0n) is 15.4. The molecule has 1 heterocycles. The lowest BCUT2D eigenvalue weighted by atomic mass is 10.0. The van der Waals surface area contributed by atoms with E-state index < -0.39 is 5.60 Å². The van der Waals surface area contributed by atoms with Crippen LogP contribution in [0.3, 0.4) is 0 Å². The first-order chi connectivity index (χ1) is 12.0. The average Bonchev–Trinajstić information content (AvgIpc) is 3.05. The van der Waals surface area contributed by atoms with Crippen LogP contribution >= 0.6 is 0 Å². The quantitative estimate of drug-likeness (QED) is 0.388. The van der Waals surface area contributed by atoms with Gasteiger partial charge in [-0.25, -0.2) is 4.99 Å². The number of aryl methyl sites for hydroxylation is 2. The van der Waals surface area contributed by atoms with Gasteiger partial charge in [-0.15, -0.1) is 0 Å². The van der Waals surface area contributed by atoms with Crippen LogP contribution in [-0.4, -0.2) is 40.5 Å². The van der Waals surface area contributed by atoms with E-state index in [0.29, 0.717) is 0 Å². The minimum absolute atomic E-state index is 0.271. The fourth-order valence-electron chi connectivity index (χ4n) is 2.51. The Morgan fingerprint density at radius 3 is 2.68 bits per heavy atom. The minimum atomic E-state index is -1.04. The van der Waals surface area contributed by atoms with Crippen molar-refractivity contribution in [3.63, 3.8) is 0 Å². The summed E-state index contributed by atoms with van der Waals surface area (Å²) in [6, 6.07) is 10.4. The second-order valence-corrected chi connectivity index (χ2v) is 6.39. The number of aromatic nitrogens is 2. The van der Waals surface area contributed by atoms with Crippen molar-refractivity contribution >= 4 is 5.96 Å². The van der Waals surface area contributed by atoms with Gasteiger partial charge in [0, 0.05) is 31.9 Å². The molecule has 1 atom stereocenters. The Morgan fingerprint density at radius 1 is 1.28 bits per heavy atom. The molecule has 0 radical (unpaired) electrons. The van der Waals surface area contributed by atoms with Gasteiger partial charge in [-0.2, -0.15) is 5.10 Å². The fraction of sp³-hybridized carbons (Fsp3) is 0.474. The van der Waals surface area contributed by atoms with Gasteiger partial charge in [-0.1, -0.05) is 30.3 Å². The summed E-state index contributed by atoms with van der Waals surface area (Å²) in [6.07, 6.45) is 5.54. The smallest absolute Gasteiger partial charge is 0.191 e. The second kappa shape index (κ2) is 9.22. The standard InChI is InChI=1S/C19H29N5O/c1-4-20-18(21-12-8-11-16-9-6-5-7-10-16)22-15-19(2,25)17-13-23-24(3)14-17/h5-7,9-10,13-14,25H,4,8,11-12,15H2,1-3H3,(H2,20,21,22). The monoisotopic (exact) mass is 343 g/mol. The number of benzene rings is 1. The van der Waals surface area contributed by atoms with Crippen LogP contribution in [0.4, 0.5) is 0 Å². The summed E-state index contributed by atoms with van der Waals surface area (Å²) in [5, 5.41) is 21.3. The van der Waals surface area contributed by atoms with E-state index in [4.69, 9.17) is 0 Å². The predicted molar refractivity (Wildman–Crippen MR) is 102 cm³/mol. The van der Waals surface area contributed by atoms with Crippen molar-refractivity contribution in [3.05, 3.63) is 53.9 Å². The molecule has 1 unspecified atom stereocenters. The van der Waals surface area contributed by atoms with Gasteiger partial charge in [0.1, 0.15) is 5.60 Å². The van der Waals surface area contributed by atoms with Crippen molar-refractivity contribution < 1.29 is 5.11 Å². The Morgan fingerprint density at radius 2 is 2.04 bits per heavy atom. The van der Waals surface area contributed by atoms with Crippen molar-refractivity contribution in [2.45, 2.75) is 32.3 Å². The molecule has 3 N–H and O–H groups in total. The highest BCUT2D eigenvalue weighted by Crippen LogP contribution is 2.19. The van der Waals surface area contributed by atoms with E-state index in [1.54, 1.807) is 17.8 Å². The average molecular weight is 343 g/mol. The molecule has 1 aromatic carbocycles. The Bertz CT molecular complexity index is 663. The van der Waals surface area contributed by atoms with Crippen LogP contribution in [0.5, 0.6) is 0 Å².